The van der Waals surface area contributed by atoms with Crippen LogP contribution >= 0.6 is 11.3 Å². The molecule has 3 N–H and O–H groups in total. The molecule has 28 heavy (non-hydrogen) atoms. The maximum Gasteiger partial charge on any atom is 0.251 e. The molecule has 3 heterocycles. The third-order valence-electron chi connectivity index (χ3n) is 4.90. The first-order valence-corrected chi connectivity index (χ1v) is 9.83. The summed E-state index contributed by atoms with van der Waals surface area (Å²) in [6.07, 6.45) is 0.976. The van der Waals surface area contributed by atoms with Crippen LogP contribution in [0.25, 0.3) is 11.1 Å². The quantitative estimate of drug-likeness (QED) is 0.502. The number of hydrogen-bond acceptors (Lipinski definition) is 6. The van der Waals surface area contributed by atoms with Gasteiger partial charge in [-0.25, -0.2) is 18.7 Å². The number of nitrogens with two attached hydrogens (primary N) is 1. The molecule has 2 aromatic heterocycles. The van der Waals surface area contributed by atoms with E-state index >= 15 is 0 Å². The molecule has 8 heteroatoms. The van der Waals surface area contributed by atoms with Gasteiger partial charge in [-0.05, 0) is 40.1 Å². The van der Waals surface area contributed by atoms with E-state index in [1.807, 2.05) is 29.0 Å². The number of hydrogen-bond donors (Lipinski definition) is 2. The van der Waals surface area contributed by atoms with Crippen molar-refractivity contribution in [3.8, 4) is 11.1 Å². The Hall–Kier alpha value is -2.87. The van der Waals surface area contributed by atoms with Gasteiger partial charge in [-0.15, -0.1) is 0 Å². The van der Waals surface area contributed by atoms with Crippen LogP contribution in [0.1, 0.15) is 24.1 Å². The minimum absolute atomic E-state index is 0.181. The smallest absolute Gasteiger partial charge is 0.251 e. The fourth-order valence-corrected chi connectivity index (χ4v) is 3.90. The molecule has 1 aliphatic rings. The van der Waals surface area contributed by atoms with Crippen LogP contribution in [0.2, 0.25) is 0 Å². The number of nitrogen functional groups attached to an aromatic ring is 1. The number of thiophene rings is 1. The van der Waals surface area contributed by atoms with Crippen molar-refractivity contribution in [1.82, 2.24) is 9.97 Å². The Morgan fingerprint density at radius 3 is 2.61 bits per heavy atom. The van der Waals surface area contributed by atoms with Crippen molar-refractivity contribution >= 4 is 28.6 Å². The number of rotatable bonds is 4. The SMILES string of the molecule is N=C(c1cc(N2CCC(F)(F)CC2)ncn1)c1cc(-c2ccsc2)ccc1N. The van der Waals surface area contributed by atoms with E-state index in [9.17, 15) is 8.78 Å². The summed E-state index contributed by atoms with van der Waals surface area (Å²) in [5.41, 5.74) is 9.82. The highest BCUT2D eigenvalue weighted by Gasteiger charge is 2.34. The van der Waals surface area contributed by atoms with Crippen molar-refractivity contribution in [3.63, 3.8) is 0 Å². The monoisotopic (exact) mass is 399 g/mol. The predicted molar refractivity (Wildman–Crippen MR) is 109 cm³/mol. The standard InChI is InChI=1S/C20H19F2N5S/c21-20(22)4-6-27(7-5-20)18-10-17(25-12-26-18)19(24)15-9-13(1-2-16(15)23)14-3-8-28-11-14/h1-3,8-12,24H,4-7,23H2. The first-order chi connectivity index (χ1) is 13.4. The first kappa shape index (κ1) is 18.5. The Kier molecular flexibility index (Phi) is 4.80. The lowest BCUT2D eigenvalue weighted by Crippen LogP contribution is -2.39. The van der Waals surface area contributed by atoms with Crippen LogP contribution in [0.4, 0.5) is 20.3 Å². The van der Waals surface area contributed by atoms with Gasteiger partial charge >= 0.3 is 0 Å². The lowest BCUT2D eigenvalue weighted by molar-refractivity contribution is -0.0221. The molecule has 0 unspecified atom stereocenters. The number of anilines is 2. The van der Waals surface area contributed by atoms with Crippen LogP contribution in [0.15, 0.2) is 47.4 Å². The fourth-order valence-electron chi connectivity index (χ4n) is 3.24. The van der Waals surface area contributed by atoms with E-state index in [-0.39, 0.29) is 31.6 Å². The topological polar surface area (TPSA) is 78.9 Å². The van der Waals surface area contributed by atoms with Gasteiger partial charge in [-0.1, -0.05) is 6.07 Å². The Balaban J connectivity index is 1.62. The Bertz CT molecular complexity index is 994. The molecule has 0 aliphatic carbocycles. The van der Waals surface area contributed by atoms with Crippen LogP contribution in [-0.2, 0) is 0 Å². The van der Waals surface area contributed by atoms with Gasteiger partial charge in [-0.3, -0.25) is 5.41 Å². The van der Waals surface area contributed by atoms with Crippen LogP contribution < -0.4 is 10.6 Å². The second kappa shape index (κ2) is 7.27. The minimum Gasteiger partial charge on any atom is -0.398 e. The van der Waals surface area contributed by atoms with E-state index in [0.29, 0.717) is 22.8 Å². The molecule has 0 radical (unpaired) electrons. The second-order valence-electron chi connectivity index (χ2n) is 6.79. The fraction of sp³-hybridized carbons (Fsp3) is 0.250. The average Bonchev–Trinajstić information content (AvgIpc) is 3.23. The van der Waals surface area contributed by atoms with Crippen molar-refractivity contribution < 1.29 is 8.78 Å². The third kappa shape index (κ3) is 3.73. The molecule has 0 atom stereocenters. The minimum atomic E-state index is -2.62. The van der Waals surface area contributed by atoms with Crippen LogP contribution in [0, 0.1) is 5.41 Å². The van der Waals surface area contributed by atoms with Crippen molar-refractivity contribution in [1.29, 1.82) is 5.41 Å². The van der Waals surface area contributed by atoms with E-state index in [4.69, 9.17) is 11.1 Å². The number of aromatic nitrogens is 2. The summed E-state index contributed by atoms with van der Waals surface area (Å²) >= 11 is 1.60. The van der Waals surface area contributed by atoms with Gasteiger partial charge in [0.05, 0.1) is 11.4 Å². The number of halogens is 2. The van der Waals surface area contributed by atoms with E-state index < -0.39 is 5.92 Å². The van der Waals surface area contributed by atoms with Crippen LogP contribution in [0.3, 0.4) is 0 Å². The zero-order valence-electron chi connectivity index (χ0n) is 15.0. The largest absolute Gasteiger partial charge is 0.398 e. The predicted octanol–water partition coefficient (Wildman–Crippen LogP) is 4.44. The Labute approximate surface area is 165 Å². The highest BCUT2D eigenvalue weighted by Crippen LogP contribution is 2.30. The molecule has 144 valence electrons. The molecule has 1 fully saturated rings. The van der Waals surface area contributed by atoms with Crippen LogP contribution in [-0.4, -0.2) is 34.7 Å². The van der Waals surface area contributed by atoms with E-state index in [2.05, 4.69) is 9.97 Å². The summed E-state index contributed by atoms with van der Waals surface area (Å²) in [5, 5.41) is 12.6. The van der Waals surface area contributed by atoms with Crippen molar-refractivity contribution in [2.24, 2.45) is 0 Å². The van der Waals surface area contributed by atoms with Gasteiger partial charge in [0.2, 0.25) is 0 Å². The Morgan fingerprint density at radius 2 is 1.89 bits per heavy atom. The molecule has 0 saturated carbocycles. The van der Waals surface area contributed by atoms with Crippen molar-refractivity contribution in [2.45, 2.75) is 18.8 Å². The molecule has 4 rings (SSSR count). The number of nitrogens with one attached hydrogen (secondary N) is 1. The number of nitrogens with zero attached hydrogens (tertiary/aromatic N) is 3. The summed E-state index contributed by atoms with van der Waals surface area (Å²) in [4.78, 5) is 10.2. The summed E-state index contributed by atoms with van der Waals surface area (Å²) in [5.74, 6) is -2.06. The van der Waals surface area contributed by atoms with Crippen molar-refractivity contribution in [2.75, 3.05) is 23.7 Å². The number of benzene rings is 1. The first-order valence-electron chi connectivity index (χ1n) is 8.89. The van der Waals surface area contributed by atoms with E-state index in [0.717, 1.165) is 11.1 Å². The van der Waals surface area contributed by atoms with E-state index in [1.54, 1.807) is 28.4 Å². The molecule has 5 nitrogen and oxygen atoms in total. The highest BCUT2D eigenvalue weighted by atomic mass is 32.1. The second-order valence-corrected chi connectivity index (χ2v) is 7.57. The molecule has 1 saturated heterocycles. The summed E-state index contributed by atoms with van der Waals surface area (Å²) in [7, 11) is 0. The molecule has 1 aromatic carbocycles. The van der Waals surface area contributed by atoms with Gasteiger partial charge in [0.15, 0.2) is 0 Å². The molecule has 0 bridgehead atoms. The maximum atomic E-state index is 13.4. The third-order valence-corrected chi connectivity index (χ3v) is 5.59. The molecule has 3 aromatic rings. The Morgan fingerprint density at radius 1 is 1.11 bits per heavy atom. The molecular weight excluding hydrogens is 380 g/mol. The molecule has 0 spiro atoms. The van der Waals surface area contributed by atoms with Crippen LogP contribution in [0.5, 0.6) is 0 Å². The zero-order chi connectivity index (χ0) is 19.7. The van der Waals surface area contributed by atoms with Gasteiger partial charge in [0.25, 0.3) is 5.92 Å². The summed E-state index contributed by atoms with van der Waals surface area (Å²) in [6.45, 7) is 0.457. The van der Waals surface area contributed by atoms with Crippen molar-refractivity contribution in [3.05, 3.63) is 58.7 Å². The lowest BCUT2D eigenvalue weighted by Gasteiger charge is -2.32. The maximum absolute atomic E-state index is 13.4. The molecular formula is C20H19F2N5S. The summed E-state index contributed by atoms with van der Waals surface area (Å²) in [6, 6.07) is 9.27. The van der Waals surface area contributed by atoms with Gasteiger partial charge in [0.1, 0.15) is 12.1 Å². The zero-order valence-corrected chi connectivity index (χ0v) is 15.8. The van der Waals surface area contributed by atoms with E-state index in [1.165, 1.54) is 6.33 Å². The number of alkyl halides is 2. The van der Waals surface area contributed by atoms with Gasteiger partial charge in [0, 0.05) is 43.2 Å². The van der Waals surface area contributed by atoms with Gasteiger partial charge < -0.3 is 10.6 Å². The number of piperidine rings is 1. The highest BCUT2D eigenvalue weighted by molar-refractivity contribution is 7.08. The lowest BCUT2D eigenvalue weighted by atomic mass is 9.99. The van der Waals surface area contributed by atoms with Gasteiger partial charge in [-0.2, -0.15) is 11.3 Å². The molecule has 1 aliphatic heterocycles. The average molecular weight is 399 g/mol. The normalized spacial score (nSPS) is 16.1. The summed E-state index contributed by atoms with van der Waals surface area (Å²) < 4.78 is 26.8. The molecule has 0 amide bonds.